The number of carbonyl (C=O) groups is 1. The minimum absolute atomic E-state index is 0.0931. The van der Waals surface area contributed by atoms with Gasteiger partial charge >= 0.3 is 0 Å². The average molecular weight is 478 g/mol. The van der Waals surface area contributed by atoms with Gasteiger partial charge < -0.3 is 4.74 Å². The van der Waals surface area contributed by atoms with Crippen molar-refractivity contribution in [3.63, 3.8) is 0 Å². The molecular weight excluding hydrogens is 450 g/mol. The van der Waals surface area contributed by atoms with Gasteiger partial charge in [-0.2, -0.15) is 0 Å². The summed E-state index contributed by atoms with van der Waals surface area (Å²) >= 11 is 3.34. The lowest BCUT2D eigenvalue weighted by molar-refractivity contribution is -0.118. The Morgan fingerprint density at radius 3 is 2.58 bits per heavy atom. The highest BCUT2D eigenvalue weighted by molar-refractivity contribution is 7.99. The van der Waals surface area contributed by atoms with Crippen LogP contribution in [0.1, 0.15) is 29.5 Å². The second-order valence-electron chi connectivity index (χ2n) is 7.89. The third-order valence-electron chi connectivity index (χ3n) is 5.30. The van der Waals surface area contributed by atoms with Crippen LogP contribution in [0.25, 0.3) is 10.2 Å². The Kier molecular flexibility index (Phi) is 7.62. The van der Waals surface area contributed by atoms with Gasteiger partial charge in [0.25, 0.3) is 0 Å². The molecule has 2 heterocycles. The number of rotatable bonds is 9. The van der Waals surface area contributed by atoms with E-state index >= 15 is 0 Å². The monoisotopic (exact) mass is 477 g/mol. The summed E-state index contributed by atoms with van der Waals surface area (Å²) in [5.41, 5.74) is 4.36. The van der Waals surface area contributed by atoms with E-state index in [0.29, 0.717) is 13.0 Å². The zero-order chi connectivity index (χ0) is 23.2. The summed E-state index contributed by atoms with van der Waals surface area (Å²) in [5.74, 6) is 1.82. The first kappa shape index (κ1) is 23.3. The van der Waals surface area contributed by atoms with E-state index in [9.17, 15) is 4.79 Å². The van der Waals surface area contributed by atoms with Gasteiger partial charge in [-0.1, -0.05) is 17.4 Å². The molecular formula is C26H27N3O2S2. The Balaban J connectivity index is 1.47. The lowest BCUT2D eigenvalue weighted by Gasteiger charge is -2.20. The quantitative estimate of drug-likeness (QED) is 0.206. The molecule has 1 amide bonds. The molecule has 0 saturated carbocycles. The number of pyridine rings is 1. The highest BCUT2D eigenvalue weighted by Crippen LogP contribution is 2.33. The topological polar surface area (TPSA) is 55.3 Å². The van der Waals surface area contributed by atoms with E-state index in [0.717, 1.165) is 44.4 Å². The van der Waals surface area contributed by atoms with Crippen molar-refractivity contribution >= 4 is 44.4 Å². The fourth-order valence-corrected chi connectivity index (χ4v) is 5.64. The lowest BCUT2D eigenvalue weighted by Crippen LogP contribution is -2.30. The van der Waals surface area contributed by atoms with Gasteiger partial charge in [0.1, 0.15) is 5.75 Å². The first-order valence-corrected chi connectivity index (χ1v) is 12.7. The number of methoxy groups -OCH3 is 1. The second-order valence-corrected chi connectivity index (χ2v) is 10.1. The van der Waals surface area contributed by atoms with Crippen molar-refractivity contribution in [3.8, 4) is 5.75 Å². The van der Waals surface area contributed by atoms with Gasteiger partial charge in [-0.05, 0) is 85.2 Å². The molecule has 0 bridgehead atoms. The summed E-state index contributed by atoms with van der Waals surface area (Å²) in [7, 11) is 1.67. The molecule has 5 nitrogen and oxygen atoms in total. The standard InChI is InChI=1S/C26H27N3O2S2/c1-18-15-19(2)25-23(16-18)33-26(28-25)29(17-20-10-12-27-13-11-20)24(30)5-4-14-32-22-8-6-21(31-3)7-9-22/h6-13,15-16H,4-5,14,17H2,1-3H3. The van der Waals surface area contributed by atoms with Crippen molar-refractivity contribution in [2.75, 3.05) is 17.8 Å². The van der Waals surface area contributed by atoms with Gasteiger partial charge in [-0.25, -0.2) is 4.98 Å². The molecule has 0 radical (unpaired) electrons. The van der Waals surface area contributed by atoms with Crippen molar-refractivity contribution in [1.29, 1.82) is 0 Å². The van der Waals surface area contributed by atoms with E-state index in [-0.39, 0.29) is 5.91 Å². The number of nitrogens with zero attached hydrogens (tertiary/aromatic N) is 3. The van der Waals surface area contributed by atoms with E-state index in [1.54, 1.807) is 42.6 Å². The summed E-state index contributed by atoms with van der Waals surface area (Å²) in [6.45, 7) is 4.65. The Labute approximate surface area is 202 Å². The van der Waals surface area contributed by atoms with Crippen molar-refractivity contribution in [2.24, 2.45) is 0 Å². The van der Waals surface area contributed by atoms with Gasteiger partial charge in [0.15, 0.2) is 5.13 Å². The largest absolute Gasteiger partial charge is 0.497 e. The number of thioether (sulfide) groups is 1. The minimum Gasteiger partial charge on any atom is -0.497 e. The van der Waals surface area contributed by atoms with E-state index in [2.05, 4.69) is 31.0 Å². The van der Waals surface area contributed by atoms with Crippen LogP contribution < -0.4 is 9.64 Å². The van der Waals surface area contributed by atoms with Crippen LogP contribution in [0, 0.1) is 13.8 Å². The molecule has 170 valence electrons. The van der Waals surface area contributed by atoms with Gasteiger partial charge in [0.05, 0.1) is 23.9 Å². The number of ether oxygens (including phenoxy) is 1. The first-order chi connectivity index (χ1) is 16.0. The molecule has 0 fully saturated rings. The maximum Gasteiger partial charge on any atom is 0.229 e. The first-order valence-electron chi connectivity index (χ1n) is 10.9. The Morgan fingerprint density at radius 1 is 1.09 bits per heavy atom. The SMILES string of the molecule is COc1ccc(SCCCC(=O)N(Cc2ccncc2)c2nc3c(C)cc(C)cc3s2)cc1. The molecule has 33 heavy (non-hydrogen) atoms. The summed E-state index contributed by atoms with van der Waals surface area (Å²) in [6, 6.07) is 16.2. The van der Waals surface area contributed by atoms with E-state index in [1.165, 1.54) is 10.5 Å². The number of hydrogen-bond acceptors (Lipinski definition) is 6. The number of aryl methyl sites for hydroxylation is 2. The maximum absolute atomic E-state index is 13.3. The molecule has 0 aliphatic heterocycles. The fourth-order valence-electron chi connectivity index (χ4n) is 3.63. The van der Waals surface area contributed by atoms with E-state index in [1.807, 2.05) is 41.3 Å². The molecule has 0 atom stereocenters. The Hall–Kier alpha value is -2.90. The predicted octanol–water partition coefficient (Wildman–Crippen LogP) is 6.42. The molecule has 0 aliphatic carbocycles. The number of anilines is 1. The number of carbonyl (C=O) groups excluding carboxylic acids is 1. The third-order valence-corrected chi connectivity index (χ3v) is 7.43. The molecule has 4 aromatic rings. The molecule has 0 aliphatic rings. The van der Waals surface area contributed by atoms with E-state index < -0.39 is 0 Å². The zero-order valence-corrected chi connectivity index (χ0v) is 20.7. The number of aromatic nitrogens is 2. The molecule has 2 aromatic heterocycles. The molecule has 0 saturated heterocycles. The van der Waals surface area contributed by atoms with Crippen molar-refractivity contribution in [3.05, 3.63) is 77.6 Å². The Bertz CT molecular complexity index is 1220. The van der Waals surface area contributed by atoms with Crippen LogP contribution in [-0.4, -0.2) is 28.7 Å². The average Bonchev–Trinajstić information content (AvgIpc) is 3.25. The van der Waals surface area contributed by atoms with E-state index in [4.69, 9.17) is 9.72 Å². The highest BCUT2D eigenvalue weighted by Gasteiger charge is 2.20. The number of fused-ring (bicyclic) bond motifs is 1. The van der Waals surface area contributed by atoms with Crippen LogP contribution >= 0.6 is 23.1 Å². The summed E-state index contributed by atoms with van der Waals surface area (Å²) < 4.78 is 6.33. The van der Waals surface area contributed by atoms with Crippen molar-refractivity contribution in [2.45, 2.75) is 38.1 Å². The number of amides is 1. The third kappa shape index (κ3) is 5.92. The van der Waals surface area contributed by atoms with Crippen LogP contribution in [0.5, 0.6) is 5.75 Å². The predicted molar refractivity (Wildman–Crippen MR) is 137 cm³/mol. The van der Waals surface area contributed by atoms with Crippen LogP contribution in [0.3, 0.4) is 0 Å². The molecule has 4 rings (SSSR count). The summed E-state index contributed by atoms with van der Waals surface area (Å²) in [6.07, 6.45) is 4.79. The second kappa shape index (κ2) is 10.8. The van der Waals surface area contributed by atoms with Crippen LogP contribution in [0.15, 0.2) is 65.8 Å². The van der Waals surface area contributed by atoms with Crippen LogP contribution in [0.4, 0.5) is 5.13 Å². The molecule has 7 heteroatoms. The smallest absolute Gasteiger partial charge is 0.229 e. The van der Waals surface area contributed by atoms with Crippen LogP contribution in [-0.2, 0) is 11.3 Å². The van der Waals surface area contributed by atoms with Gasteiger partial charge in [-0.15, -0.1) is 11.8 Å². The van der Waals surface area contributed by atoms with Gasteiger partial charge in [0.2, 0.25) is 5.91 Å². The normalized spacial score (nSPS) is 11.0. The van der Waals surface area contributed by atoms with Crippen molar-refractivity contribution < 1.29 is 9.53 Å². The number of benzene rings is 2. The molecule has 0 spiro atoms. The lowest BCUT2D eigenvalue weighted by atomic mass is 10.1. The summed E-state index contributed by atoms with van der Waals surface area (Å²) in [5, 5.41) is 0.753. The minimum atomic E-state index is 0.0931. The van der Waals surface area contributed by atoms with Crippen LogP contribution in [0.2, 0.25) is 0 Å². The zero-order valence-electron chi connectivity index (χ0n) is 19.1. The van der Waals surface area contributed by atoms with Crippen molar-refractivity contribution in [1.82, 2.24) is 9.97 Å². The number of thiazole rings is 1. The molecule has 0 N–H and O–H groups in total. The fraction of sp³-hybridized carbons (Fsp3) is 0.269. The summed E-state index contributed by atoms with van der Waals surface area (Å²) in [4.78, 5) is 25.3. The molecule has 0 unspecified atom stereocenters. The molecule has 2 aromatic carbocycles. The Morgan fingerprint density at radius 2 is 1.85 bits per heavy atom. The van der Waals surface area contributed by atoms with Gasteiger partial charge in [0, 0.05) is 23.7 Å². The number of hydrogen-bond donors (Lipinski definition) is 0. The van der Waals surface area contributed by atoms with Gasteiger partial charge in [-0.3, -0.25) is 14.7 Å². The highest BCUT2D eigenvalue weighted by atomic mass is 32.2. The maximum atomic E-state index is 13.3.